The van der Waals surface area contributed by atoms with Crippen LogP contribution in [0.15, 0.2) is 42.5 Å². The van der Waals surface area contributed by atoms with E-state index in [4.69, 9.17) is 4.74 Å². The van der Waals surface area contributed by atoms with E-state index in [1.807, 2.05) is 58.2 Å². The highest BCUT2D eigenvalue weighted by Crippen LogP contribution is 2.27. The fourth-order valence-electron chi connectivity index (χ4n) is 2.44. The number of nitrogens with one attached hydrogen (secondary N) is 1. The predicted octanol–water partition coefficient (Wildman–Crippen LogP) is 4.23. The smallest absolute Gasteiger partial charge is 0.123 e. The lowest BCUT2D eigenvalue weighted by Gasteiger charge is -2.20. The van der Waals surface area contributed by atoms with Crippen molar-refractivity contribution in [1.29, 1.82) is 0 Å². The van der Waals surface area contributed by atoms with Gasteiger partial charge in [0.25, 0.3) is 0 Å². The molecule has 2 aromatic rings. The summed E-state index contributed by atoms with van der Waals surface area (Å²) < 4.78 is 19.2. The molecule has 0 saturated heterocycles. The Morgan fingerprint density at radius 1 is 1.05 bits per heavy atom. The van der Waals surface area contributed by atoms with Crippen molar-refractivity contribution in [3.05, 3.63) is 65.0 Å². The van der Waals surface area contributed by atoms with E-state index in [1.165, 1.54) is 6.07 Å². The van der Waals surface area contributed by atoms with Gasteiger partial charge in [0.15, 0.2) is 0 Å². The first kappa shape index (κ1) is 15.5. The summed E-state index contributed by atoms with van der Waals surface area (Å²) in [5, 5.41) is 3.26. The summed E-state index contributed by atoms with van der Waals surface area (Å²) in [6.45, 7) is 6.00. The second-order valence-corrected chi connectivity index (χ2v) is 5.46. The molecule has 1 atom stereocenters. The normalized spacial score (nSPS) is 12.5. The maximum Gasteiger partial charge on any atom is 0.123 e. The first-order valence-corrected chi connectivity index (χ1v) is 7.21. The number of aryl methyl sites for hydroxylation is 1. The molecule has 1 unspecified atom stereocenters. The van der Waals surface area contributed by atoms with Crippen LogP contribution in [0.3, 0.4) is 0 Å². The fourth-order valence-corrected chi connectivity index (χ4v) is 2.44. The molecule has 0 aliphatic heterocycles. The summed E-state index contributed by atoms with van der Waals surface area (Å²) >= 11 is 0. The Labute approximate surface area is 126 Å². The molecule has 0 aliphatic rings. The van der Waals surface area contributed by atoms with Crippen molar-refractivity contribution in [3.63, 3.8) is 0 Å². The second-order valence-electron chi connectivity index (χ2n) is 5.46. The lowest BCUT2D eigenvalue weighted by Crippen LogP contribution is -2.19. The zero-order valence-corrected chi connectivity index (χ0v) is 13.0. The minimum atomic E-state index is -0.212. The van der Waals surface area contributed by atoms with Crippen LogP contribution in [-0.2, 0) is 0 Å². The van der Waals surface area contributed by atoms with E-state index < -0.39 is 0 Å². The molecule has 0 spiro atoms. The van der Waals surface area contributed by atoms with Gasteiger partial charge in [-0.05, 0) is 68.8 Å². The summed E-state index contributed by atoms with van der Waals surface area (Å²) in [4.78, 5) is 0. The lowest BCUT2D eigenvalue weighted by molar-refractivity contribution is 0.242. The van der Waals surface area contributed by atoms with Gasteiger partial charge in [-0.15, -0.1) is 0 Å². The van der Waals surface area contributed by atoms with E-state index in [0.717, 1.165) is 22.4 Å². The number of ether oxygens (including phenoxy) is 1. The van der Waals surface area contributed by atoms with Crippen LogP contribution in [0.4, 0.5) is 4.39 Å². The van der Waals surface area contributed by atoms with Crippen LogP contribution in [0.5, 0.6) is 5.75 Å². The molecule has 2 rings (SSSR count). The maximum absolute atomic E-state index is 13.5. The summed E-state index contributed by atoms with van der Waals surface area (Å²) in [5.41, 5.74) is 3.11. The molecule has 0 bridgehead atoms. The van der Waals surface area contributed by atoms with Gasteiger partial charge in [0.1, 0.15) is 11.6 Å². The highest BCUT2D eigenvalue weighted by atomic mass is 19.1. The standard InChI is InChI=1S/C18H22FNO/c1-12(2)21-16-9-6-14(7-10-16)18(20-4)17-11-15(19)8-5-13(17)3/h5-12,18,20H,1-4H3. The molecule has 21 heavy (non-hydrogen) atoms. The van der Waals surface area contributed by atoms with Crippen LogP contribution in [-0.4, -0.2) is 13.2 Å². The quantitative estimate of drug-likeness (QED) is 0.888. The highest BCUT2D eigenvalue weighted by Gasteiger charge is 2.15. The van der Waals surface area contributed by atoms with E-state index in [2.05, 4.69) is 5.32 Å². The number of benzene rings is 2. The third kappa shape index (κ3) is 3.82. The molecule has 0 aliphatic carbocycles. The van der Waals surface area contributed by atoms with E-state index in [9.17, 15) is 4.39 Å². The molecule has 2 nitrogen and oxygen atoms in total. The van der Waals surface area contributed by atoms with Crippen molar-refractivity contribution in [2.75, 3.05) is 7.05 Å². The van der Waals surface area contributed by atoms with Gasteiger partial charge in [-0.1, -0.05) is 18.2 Å². The predicted molar refractivity (Wildman–Crippen MR) is 84.2 cm³/mol. The van der Waals surface area contributed by atoms with Crippen LogP contribution in [0, 0.1) is 12.7 Å². The number of rotatable bonds is 5. The van der Waals surface area contributed by atoms with Gasteiger partial charge in [-0.25, -0.2) is 4.39 Å². The SMILES string of the molecule is CNC(c1ccc(OC(C)C)cc1)c1cc(F)ccc1C. The molecule has 2 aromatic carbocycles. The van der Waals surface area contributed by atoms with Gasteiger partial charge in [0, 0.05) is 0 Å². The average molecular weight is 287 g/mol. The Morgan fingerprint density at radius 2 is 1.71 bits per heavy atom. The van der Waals surface area contributed by atoms with Crippen LogP contribution in [0.2, 0.25) is 0 Å². The van der Waals surface area contributed by atoms with E-state index >= 15 is 0 Å². The summed E-state index contributed by atoms with van der Waals surface area (Å²) in [7, 11) is 1.88. The van der Waals surface area contributed by atoms with E-state index in [0.29, 0.717) is 0 Å². The fraction of sp³-hybridized carbons (Fsp3) is 0.333. The Kier molecular flexibility index (Phi) is 4.97. The van der Waals surface area contributed by atoms with Crippen molar-refractivity contribution < 1.29 is 9.13 Å². The molecular formula is C18H22FNO. The van der Waals surface area contributed by atoms with Crippen molar-refractivity contribution in [1.82, 2.24) is 5.32 Å². The summed E-state index contributed by atoms with van der Waals surface area (Å²) in [5.74, 6) is 0.634. The van der Waals surface area contributed by atoms with Gasteiger partial charge < -0.3 is 10.1 Å². The molecule has 0 heterocycles. The zero-order chi connectivity index (χ0) is 15.4. The van der Waals surface area contributed by atoms with Crippen molar-refractivity contribution >= 4 is 0 Å². The van der Waals surface area contributed by atoms with Crippen molar-refractivity contribution in [2.45, 2.75) is 32.9 Å². The van der Waals surface area contributed by atoms with Crippen molar-refractivity contribution in [3.8, 4) is 5.75 Å². The maximum atomic E-state index is 13.5. The minimum Gasteiger partial charge on any atom is -0.491 e. The van der Waals surface area contributed by atoms with Crippen LogP contribution < -0.4 is 10.1 Å². The zero-order valence-electron chi connectivity index (χ0n) is 13.0. The Bertz CT molecular complexity index is 593. The molecule has 1 N–H and O–H groups in total. The topological polar surface area (TPSA) is 21.3 Å². The molecule has 3 heteroatoms. The third-order valence-corrected chi connectivity index (χ3v) is 3.43. The molecule has 0 amide bonds. The van der Waals surface area contributed by atoms with Crippen LogP contribution in [0.1, 0.15) is 36.6 Å². The van der Waals surface area contributed by atoms with Gasteiger partial charge >= 0.3 is 0 Å². The molecule has 0 aromatic heterocycles. The van der Waals surface area contributed by atoms with Crippen molar-refractivity contribution in [2.24, 2.45) is 0 Å². The molecular weight excluding hydrogens is 265 g/mol. The molecule has 0 saturated carbocycles. The van der Waals surface area contributed by atoms with Gasteiger partial charge in [-0.2, -0.15) is 0 Å². The minimum absolute atomic E-state index is 0.0335. The molecule has 112 valence electrons. The largest absolute Gasteiger partial charge is 0.491 e. The second kappa shape index (κ2) is 6.72. The van der Waals surface area contributed by atoms with Crippen LogP contribution >= 0.6 is 0 Å². The first-order chi connectivity index (χ1) is 10.0. The van der Waals surface area contributed by atoms with Gasteiger partial charge in [0.05, 0.1) is 12.1 Å². The first-order valence-electron chi connectivity index (χ1n) is 7.21. The highest BCUT2D eigenvalue weighted by molar-refractivity contribution is 5.39. The molecule has 0 fully saturated rings. The van der Waals surface area contributed by atoms with E-state index in [1.54, 1.807) is 6.07 Å². The number of hydrogen-bond acceptors (Lipinski definition) is 2. The lowest BCUT2D eigenvalue weighted by atomic mass is 9.95. The van der Waals surface area contributed by atoms with Crippen LogP contribution in [0.25, 0.3) is 0 Å². The number of halogens is 1. The van der Waals surface area contributed by atoms with Gasteiger partial charge in [-0.3, -0.25) is 0 Å². The average Bonchev–Trinajstić information content (AvgIpc) is 2.44. The number of hydrogen-bond donors (Lipinski definition) is 1. The summed E-state index contributed by atoms with van der Waals surface area (Å²) in [6.07, 6.45) is 0.154. The van der Waals surface area contributed by atoms with E-state index in [-0.39, 0.29) is 18.0 Å². The Balaban J connectivity index is 2.31. The molecule has 0 radical (unpaired) electrons. The van der Waals surface area contributed by atoms with Gasteiger partial charge in [0.2, 0.25) is 0 Å². The Morgan fingerprint density at radius 3 is 2.29 bits per heavy atom. The Hall–Kier alpha value is -1.87. The summed E-state index contributed by atoms with van der Waals surface area (Å²) in [6, 6.07) is 12.8. The third-order valence-electron chi connectivity index (χ3n) is 3.43. The monoisotopic (exact) mass is 287 g/mol.